The van der Waals surface area contributed by atoms with Crippen LogP contribution in [0.25, 0.3) is 0 Å². The van der Waals surface area contributed by atoms with Gasteiger partial charge >= 0.3 is 5.97 Å². The van der Waals surface area contributed by atoms with Gasteiger partial charge in [-0.25, -0.2) is 0 Å². The van der Waals surface area contributed by atoms with Gasteiger partial charge in [-0.15, -0.1) is 0 Å². The topological polar surface area (TPSA) is 69.4 Å². The van der Waals surface area contributed by atoms with Gasteiger partial charge in [-0.1, -0.05) is 40.2 Å². The first-order chi connectivity index (χ1) is 14.5. The maximum atomic E-state index is 12.3. The van der Waals surface area contributed by atoms with Crippen molar-refractivity contribution in [2.24, 2.45) is 46.2 Å². The molecule has 3 rings (SSSR count). The smallest absolute Gasteiger partial charge is 0.323 e. The van der Waals surface area contributed by atoms with Crippen molar-refractivity contribution in [1.29, 1.82) is 0 Å². The molecule has 0 aromatic rings. The molecule has 0 saturated heterocycles. The summed E-state index contributed by atoms with van der Waals surface area (Å²) in [6.07, 6.45) is 9.99. The predicted molar refractivity (Wildman–Crippen MR) is 125 cm³/mol. The van der Waals surface area contributed by atoms with Crippen molar-refractivity contribution >= 4 is 11.8 Å². The van der Waals surface area contributed by atoms with E-state index >= 15 is 0 Å². The van der Waals surface area contributed by atoms with E-state index < -0.39 is 6.04 Å². The molecule has 4 nitrogen and oxygen atoms in total. The summed E-state index contributed by atoms with van der Waals surface area (Å²) < 4.78 is 5.70. The number of hydrogen-bond acceptors (Lipinski definition) is 4. The highest BCUT2D eigenvalue weighted by Crippen LogP contribution is 2.66. The Kier molecular flexibility index (Phi) is 7.11. The Bertz CT molecular complexity index is 728. The molecular weight excluding hydrogens is 386 g/mol. The van der Waals surface area contributed by atoms with Gasteiger partial charge in [0, 0.05) is 5.92 Å². The van der Waals surface area contributed by atoms with Crippen molar-refractivity contribution in [2.75, 3.05) is 0 Å². The molecule has 0 aliphatic heterocycles. The Hall–Kier alpha value is -1.16. The molecule has 8 atom stereocenters. The van der Waals surface area contributed by atoms with Gasteiger partial charge in [-0.3, -0.25) is 9.59 Å². The van der Waals surface area contributed by atoms with E-state index in [-0.39, 0.29) is 34.7 Å². The van der Waals surface area contributed by atoms with Crippen LogP contribution in [0.1, 0.15) is 93.4 Å². The zero-order valence-electron chi connectivity index (χ0n) is 20.9. The van der Waals surface area contributed by atoms with Crippen LogP contribution in [0.4, 0.5) is 0 Å². The van der Waals surface area contributed by atoms with Crippen LogP contribution in [0.2, 0.25) is 0 Å². The third kappa shape index (κ3) is 4.26. The van der Waals surface area contributed by atoms with Crippen LogP contribution in [-0.2, 0) is 14.3 Å². The molecule has 0 aromatic carbocycles. The second-order valence-corrected chi connectivity index (χ2v) is 11.6. The maximum Gasteiger partial charge on any atom is 0.323 e. The minimum absolute atomic E-state index is 0.0745. The molecule has 3 aliphatic rings. The summed E-state index contributed by atoms with van der Waals surface area (Å²) in [7, 11) is 0. The number of esters is 1. The lowest BCUT2D eigenvalue weighted by Gasteiger charge is -2.57. The van der Waals surface area contributed by atoms with E-state index in [0.717, 1.165) is 19.3 Å². The molecule has 0 spiro atoms. The minimum atomic E-state index is -0.568. The number of fused-ring (bicyclic) bond motifs is 3. The number of allylic oxidation sites excluding steroid dienone is 1. The van der Waals surface area contributed by atoms with Gasteiger partial charge in [0.15, 0.2) is 0 Å². The zero-order chi connectivity index (χ0) is 23.1. The monoisotopic (exact) mass is 431 g/mol. The SMILES string of the molecule is CC[C@@]1(C)/C(=C\[C@H](C)OC(=O)[C@@H](N)C(C)C)CCC2C1CC[C@@]1(C)C2CC[C@@H]1C(C)=O. The fourth-order valence-electron chi connectivity index (χ4n) is 7.61. The first kappa shape index (κ1) is 24.5. The lowest BCUT2D eigenvalue weighted by Crippen LogP contribution is -2.50. The van der Waals surface area contributed by atoms with E-state index in [2.05, 4.69) is 26.8 Å². The van der Waals surface area contributed by atoms with Crippen molar-refractivity contribution in [3.05, 3.63) is 11.6 Å². The predicted octanol–water partition coefficient (Wildman–Crippen LogP) is 5.69. The van der Waals surface area contributed by atoms with Gasteiger partial charge in [-0.05, 0) is 99.4 Å². The average molecular weight is 432 g/mol. The lowest BCUT2D eigenvalue weighted by atomic mass is 9.47. The van der Waals surface area contributed by atoms with Gasteiger partial charge in [0.25, 0.3) is 0 Å². The fourth-order valence-corrected chi connectivity index (χ4v) is 7.61. The molecule has 3 aliphatic carbocycles. The van der Waals surface area contributed by atoms with E-state index in [0.29, 0.717) is 23.5 Å². The summed E-state index contributed by atoms with van der Waals surface area (Å²) in [4.78, 5) is 24.7. The molecule has 3 fully saturated rings. The summed E-state index contributed by atoms with van der Waals surface area (Å²) in [6, 6.07) is -0.568. The number of ketones is 1. The third-order valence-corrected chi connectivity index (χ3v) is 9.69. The second-order valence-electron chi connectivity index (χ2n) is 11.6. The number of hydrogen-bond donors (Lipinski definition) is 1. The molecule has 4 heteroatoms. The van der Waals surface area contributed by atoms with E-state index in [9.17, 15) is 9.59 Å². The Morgan fingerprint density at radius 3 is 2.39 bits per heavy atom. The molecule has 3 saturated carbocycles. The Labute approximate surface area is 189 Å². The summed E-state index contributed by atoms with van der Waals surface area (Å²) >= 11 is 0. The third-order valence-electron chi connectivity index (χ3n) is 9.69. The van der Waals surface area contributed by atoms with Gasteiger partial charge in [0.2, 0.25) is 0 Å². The maximum absolute atomic E-state index is 12.3. The van der Waals surface area contributed by atoms with E-state index in [1.54, 1.807) is 6.92 Å². The second kappa shape index (κ2) is 9.00. The average Bonchev–Trinajstić information content (AvgIpc) is 3.06. The van der Waals surface area contributed by atoms with Crippen LogP contribution in [-0.4, -0.2) is 23.9 Å². The summed E-state index contributed by atoms with van der Waals surface area (Å²) in [6.45, 7) is 14.8. The highest BCUT2D eigenvalue weighted by Gasteiger charge is 2.58. The molecule has 3 unspecified atom stereocenters. The van der Waals surface area contributed by atoms with Crippen molar-refractivity contribution in [2.45, 2.75) is 106 Å². The molecule has 0 bridgehead atoms. The van der Waals surface area contributed by atoms with Gasteiger partial charge < -0.3 is 10.5 Å². The zero-order valence-corrected chi connectivity index (χ0v) is 20.9. The van der Waals surface area contributed by atoms with Crippen LogP contribution < -0.4 is 5.73 Å². The first-order valence-corrected chi connectivity index (χ1v) is 12.6. The standard InChI is InChI=1S/C27H45NO3/c1-8-26(6)19(15-17(4)31-25(30)24(28)16(2)3)9-10-20-22-12-11-21(18(5)29)27(22,7)14-13-23(20)26/h15-17,20-24H,8-14,28H2,1-7H3/b19-15-/t17-,20?,21+,22?,23?,24-,26-,27+/m0/s1. The highest BCUT2D eigenvalue weighted by molar-refractivity contribution is 5.79. The van der Waals surface area contributed by atoms with Crippen molar-refractivity contribution < 1.29 is 14.3 Å². The van der Waals surface area contributed by atoms with Crippen LogP contribution in [0.3, 0.4) is 0 Å². The van der Waals surface area contributed by atoms with Gasteiger partial charge in [0.1, 0.15) is 17.9 Å². The van der Waals surface area contributed by atoms with Crippen LogP contribution >= 0.6 is 0 Å². The minimum Gasteiger partial charge on any atom is -0.457 e. The molecule has 0 heterocycles. The van der Waals surface area contributed by atoms with Gasteiger partial charge in [-0.2, -0.15) is 0 Å². The molecule has 0 radical (unpaired) electrons. The molecule has 0 amide bonds. The Balaban J connectivity index is 1.79. The molecule has 0 aromatic heterocycles. The normalized spacial score (nSPS) is 40.9. The van der Waals surface area contributed by atoms with Crippen molar-refractivity contribution in [3.8, 4) is 0 Å². The van der Waals surface area contributed by atoms with Crippen molar-refractivity contribution in [1.82, 2.24) is 0 Å². The largest absolute Gasteiger partial charge is 0.457 e. The molecule has 31 heavy (non-hydrogen) atoms. The molecule has 176 valence electrons. The van der Waals surface area contributed by atoms with Gasteiger partial charge in [0.05, 0.1) is 0 Å². The summed E-state index contributed by atoms with van der Waals surface area (Å²) in [5, 5.41) is 0. The Morgan fingerprint density at radius 1 is 1.13 bits per heavy atom. The fraction of sp³-hybridized carbons (Fsp3) is 0.852. The van der Waals surface area contributed by atoms with Crippen LogP contribution in [0, 0.1) is 40.4 Å². The van der Waals surface area contributed by atoms with E-state index in [1.165, 1.54) is 31.3 Å². The van der Waals surface area contributed by atoms with E-state index in [1.807, 2.05) is 20.8 Å². The van der Waals surface area contributed by atoms with Crippen LogP contribution in [0.15, 0.2) is 11.6 Å². The summed E-state index contributed by atoms with van der Waals surface area (Å²) in [5.74, 6) is 2.46. The number of rotatable bonds is 6. The molecular formula is C27H45NO3. The Morgan fingerprint density at radius 2 is 1.81 bits per heavy atom. The number of nitrogens with two attached hydrogens (primary N) is 1. The lowest BCUT2D eigenvalue weighted by molar-refractivity contribution is -0.149. The van der Waals surface area contributed by atoms with E-state index in [4.69, 9.17) is 10.5 Å². The van der Waals surface area contributed by atoms with Crippen LogP contribution in [0.5, 0.6) is 0 Å². The quantitative estimate of drug-likeness (QED) is 0.433. The number of carbonyl (C=O) groups is 2. The molecule has 2 N–H and O–H groups in total. The number of Topliss-reactive ketones (excluding diaryl/α,β-unsaturated/α-hetero) is 1. The number of ether oxygens (including phenoxy) is 1. The highest BCUT2D eigenvalue weighted by atomic mass is 16.5. The van der Waals surface area contributed by atoms with Crippen molar-refractivity contribution in [3.63, 3.8) is 0 Å². The number of carbonyl (C=O) groups excluding carboxylic acids is 2. The first-order valence-electron chi connectivity index (χ1n) is 12.6. The summed E-state index contributed by atoms with van der Waals surface area (Å²) in [5.41, 5.74) is 7.77.